The van der Waals surface area contributed by atoms with Crippen molar-refractivity contribution < 1.29 is 23.9 Å². The number of hydroxylamine groups is 2. The van der Waals surface area contributed by atoms with E-state index in [1.807, 2.05) is 30.3 Å². The van der Waals surface area contributed by atoms with Crippen molar-refractivity contribution in [1.29, 1.82) is 0 Å². The number of ether oxygens (including phenoxy) is 2. The minimum atomic E-state index is -0.464. The largest absolute Gasteiger partial charge is 0.468 e. The molecule has 0 N–H and O–H groups in total. The van der Waals surface area contributed by atoms with Crippen molar-refractivity contribution in [3.63, 3.8) is 0 Å². The molecule has 0 unspecified atom stereocenters. The normalized spacial score (nSPS) is 18.4. The first-order valence-electron chi connectivity index (χ1n) is 6.87. The average Bonchev–Trinajstić information content (AvgIpc) is 2.99. The third-order valence-corrected chi connectivity index (χ3v) is 3.27. The topological polar surface area (TPSA) is 65.1 Å². The molecule has 1 atom stereocenters. The molecular formula is C15H19NO5. The molecule has 1 saturated heterocycles. The number of hydrogen-bond donors (Lipinski definition) is 0. The number of carbonyl (C=O) groups is 2. The van der Waals surface area contributed by atoms with Crippen LogP contribution >= 0.6 is 0 Å². The molecule has 0 aliphatic carbocycles. The molecule has 1 aliphatic heterocycles. The Morgan fingerprint density at radius 1 is 1.29 bits per heavy atom. The fraction of sp³-hybridized carbons (Fsp3) is 0.467. The van der Waals surface area contributed by atoms with Gasteiger partial charge in [-0.1, -0.05) is 30.3 Å². The van der Waals surface area contributed by atoms with Gasteiger partial charge in [-0.15, -0.1) is 0 Å². The summed E-state index contributed by atoms with van der Waals surface area (Å²) >= 11 is 0. The molecule has 1 aromatic carbocycles. The smallest absolute Gasteiger partial charge is 0.334 e. The van der Waals surface area contributed by atoms with Crippen LogP contribution < -0.4 is 0 Å². The summed E-state index contributed by atoms with van der Waals surface area (Å²) in [6.45, 7) is 0.607. The number of nitrogens with zero attached hydrogens (tertiary/aromatic N) is 1. The van der Waals surface area contributed by atoms with Gasteiger partial charge in [0.1, 0.15) is 12.6 Å². The van der Waals surface area contributed by atoms with E-state index in [0.29, 0.717) is 13.0 Å². The van der Waals surface area contributed by atoms with Crippen LogP contribution in [0.25, 0.3) is 0 Å². The van der Waals surface area contributed by atoms with Gasteiger partial charge in [0.05, 0.1) is 7.11 Å². The molecule has 0 bridgehead atoms. The molecule has 0 spiro atoms. The standard InChI is InChI=1S/C15H19NO5/c1-19-15(18)13-8-5-9-16(13)21-11-14(17)20-10-12-6-3-2-4-7-12/h2-4,6-7,13H,5,8-11H2,1H3/t13-/m0/s1. The Hall–Kier alpha value is -1.92. The van der Waals surface area contributed by atoms with Crippen LogP contribution in [0.15, 0.2) is 30.3 Å². The van der Waals surface area contributed by atoms with Gasteiger partial charge in [-0.25, -0.2) is 4.79 Å². The quantitative estimate of drug-likeness (QED) is 0.737. The van der Waals surface area contributed by atoms with E-state index in [1.54, 1.807) is 0 Å². The van der Waals surface area contributed by atoms with E-state index in [2.05, 4.69) is 0 Å². The molecule has 0 amide bonds. The lowest BCUT2D eigenvalue weighted by Gasteiger charge is -2.21. The molecule has 1 fully saturated rings. The second kappa shape index (κ2) is 7.75. The van der Waals surface area contributed by atoms with Crippen LogP contribution in [0.4, 0.5) is 0 Å². The molecular weight excluding hydrogens is 274 g/mol. The Morgan fingerprint density at radius 3 is 2.76 bits per heavy atom. The van der Waals surface area contributed by atoms with Crippen LogP contribution in [0, 0.1) is 0 Å². The zero-order valence-electron chi connectivity index (χ0n) is 12.0. The minimum Gasteiger partial charge on any atom is -0.468 e. The average molecular weight is 293 g/mol. The van der Waals surface area contributed by atoms with Gasteiger partial charge in [0.15, 0.2) is 6.61 Å². The highest BCUT2D eigenvalue weighted by Gasteiger charge is 2.32. The third-order valence-electron chi connectivity index (χ3n) is 3.27. The van der Waals surface area contributed by atoms with Crippen molar-refractivity contribution in [3.8, 4) is 0 Å². The summed E-state index contributed by atoms with van der Waals surface area (Å²) in [7, 11) is 1.34. The van der Waals surface area contributed by atoms with Gasteiger partial charge >= 0.3 is 11.9 Å². The first-order valence-corrected chi connectivity index (χ1v) is 6.87. The highest BCUT2D eigenvalue weighted by atomic mass is 16.7. The number of hydrogen-bond acceptors (Lipinski definition) is 6. The number of methoxy groups -OCH3 is 1. The van der Waals surface area contributed by atoms with Crippen LogP contribution in [-0.4, -0.2) is 43.3 Å². The van der Waals surface area contributed by atoms with Crippen molar-refractivity contribution in [2.45, 2.75) is 25.5 Å². The number of carbonyl (C=O) groups excluding carboxylic acids is 2. The number of rotatable bonds is 6. The molecule has 0 radical (unpaired) electrons. The van der Waals surface area contributed by atoms with Crippen molar-refractivity contribution >= 4 is 11.9 Å². The zero-order chi connectivity index (χ0) is 15.1. The van der Waals surface area contributed by atoms with Crippen LogP contribution in [0.2, 0.25) is 0 Å². The lowest BCUT2D eigenvalue weighted by molar-refractivity contribution is -0.199. The van der Waals surface area contributed by atoms with E-state index in [-0.39, 0.29) is 19.2 Å². The Morgan fingerprint density at radius 2 is 2.05 bits per heavy atom. The van der Waals surface area contributed by atoms with E-state index in [4.69, 9.17) is 14.3 Å². The molecule has 0 saturated carbocycles. The molecule has 1 aromatic rings. The molecule has 2 rings (SSSR count). The van der Waals surface area contributed by atoms with Crippen LogP contribution in [0.5, 0.6) is 0 Å². The highest BCUT2D eigenvalue weighted by molar-refractivity contribution is 5.75. The van der Waals surface area contributed by atoms with Gasteiger partial charge in [-0.05, 0) is 18.4 Å². The summed E-state index contributed by atoms with van der Waals surface area (Å²) in [5.41, 5.74) is 0.916. The molecule has 6 heteroatoms. The summed E-state index contributed by atoms with van der Waals surface area (Å²) in [6, 6.07) is 8.98. The molecule has 1 aliphatic rings. The fourth-order valence-corrected chi connectivity index (χ4v) is 2.18. The van der Waals surface area contributed by atoms with Crippen molar-refractivity contribution in [1.82, 2.24) is 5.06 Å². The van der Waals surface area contributed by atoms with Gasteiger partial charge < -0.3 is 9.47 Å². The summed E-state index contributed by atoms with van der Waals surface area (Å²) in [5, 5.41) is 1.50. The molecule has 1 heterocycles. The first kappa shape index (κ1) is 15.5. The maximum Gasteiger partial charge on any atom is 0.334 e. The van der Waals surface area contributed by atoms with Crippen LogP contribution in [0.3, 0.4) is 0 Å². The van der Waals surface area contributed by atoms with E-state index >= 15 is 0 Å². The second-order valence-electron chi connectivity index (χ2n) is 4.74. The Kier molecular flexibility index (Phi) is 5.71. The van der Waals surface area contributed by atoms with E-state index in [1.165, 1.54) is 12.2 Å². The first-order chi connectivity index (χ1) is 10.2. The maximum absolute atomic E-state index is 11.6. The van der Waals surface area contributed by atoms with E-state index in [0.717, 1.165) is 12.0 Å². The number of esters is 2. The van der Waals surface area contributed by atoms with Crippen molar-refractivity contribution in [3.05, 3.63) is 35.9 Å². The summed E-state index contributed by atoms with van der Waals surface area (Å²) < 4.78 is 9.80. The Labute approximate surface area is 123 Å². The van der Waals surface area contributed by atoms with Crippen LogP contribution in [-0.2, 0) is 30.5 Å². The highest BCUT2D eigenvalue weighted by Crippen LogP contribution is 2.18. The summed E-state index contributed by atoms with van der Waals surface area (Å²) in [4.78, 5) is 28.5. The second-order valence-corrected chi connectivity index (χ2v) is 4.74. The fourth-order valence-electron chi connectivity index (χ4n) is 2.18. The van der Waals surface area contributed by atoms with Gasteiger partial charge in [0.25, 0.3) is 0 Å². The SMILES string of the molecule is COC(=O)[C@@H]1CCCN1OCC(=O)OCc1ccccc1. The summed E-state index contributed by atoms with van der Waals surface area (Å²) in [5.74, 6) is -0.806. The maximum atomic E-state index is 11.6. The van der Waals surface area contributed by atoms with Gasteiger partial charge in [-0.2, -0.15) is 5.06 Å². The monoisotopic (exact) mass is 293 g/mol. The lowest BCUT2D eigenvalue weighted by atomic mass is 10.2. The Bertz CT molecular complexity index is 476. The van der Waals surface area contributed by atoms with E-state index < -0.39 is 12.0 Å². The Balaban J connectivity index is 1.72. The zero-order valence-corrected chi connectivity index (χ0v) is 12.0. The van der Waals surface area contributed by atoms with Gasteiger partial charge in [0.2, 0.25) is 0 Å². The van der Waals surface area contributed by atoms with Crippen LogP contribution in [0.1, 0.15) is 18.4 Å². The number of benzene rings is 1. The molecule has 21 heavy (non-hydrogen) atoms. The molecule has 6 nitrogen and oxygen atoms in total. The predicted octanol–water partition coefficient (Wildman–Crippen LogP) is 1.30. The lowest BCUT2D eigenvalue weighted by Crippen LogP contribution is -2.38. The molecule has 0 aromatic heterocycles. The third kappa shape index (κ3) is 4.54. The minimum absolute atomic E-state index is 0.208. The molecule has 114 valence electrons. The predicted molar refractivity (Wildman–Crippen MR) is 73.9 cm³/mol. The van der Waals surface area contributed by atoms with Gasteiger partial charge in [-0.3, -0.25) is 9.63 Å². The van der Waals surface area contributed by atoms with Gasteiger partial charge in [0, 0.05) is 6.54 Å². The van der Waals surface area contributed by atoms with Crippen molar-refractivity contribution in [2.75, 3.05) is 20.3 Å². The van der Waals surface area contributed by atoms with E-state index in [9.17, 15) is 9.59 Å². The van der Waals surface area contributed by atoms with Crippen molar-refractivity contribution in [2.24, 2.45) is 0 Å². The summed E-state index contributed by atoms with van der Waals surface area (Å²) in [6.07, 6.45) is 1.50.